The molecule has 0 bridgehead atoms. The molecule has 1 aliphatic heterocycles. The van der Waals surface area contributed by atoms with E-state index in [1.165, 1.54) is 11.3 Å². The molecule has 3 rings (SSSR count). The molecule has 0 unspecified atom stereocenters. The summed E-state index contributed by atoms with van der Waals surface area (Å²) < 4.78 is 0. The molecule has 5 heteroatoms. The Morgan fingerprint density at radius 3 is 2.21 bits per heavy atom. The summed E-state index contributed by atoms with van der Waals surface area (Å²) in [6, 6.07) is 18.9. The summed E-state index contributed by atoms with van der Waals surface area (Å²) in [7, 11) is 0. The van der Waals surface area contributed by atoms with Crippen LogP contribution in [0.5, 0.6) is 0 Å². The Balaban J connectivity index is 1.60. The summed E-state index contributed by atoms with van der Waals surface area (Å²) in [5, 5.41) is 0. The summed E-state index contributed by atoms with van der Waals surface area (Å²) in [5.74, 6) is 0.0579. The zero-order valence-electron chi connectivity index (χ0n) is 17.8. The lowest BCUT2D eigenvalue weighted by molar-refractivity contribution is 0.0762. The van der Waals surface area contributed by atoms with Crippen molar-refractivity contribution in [1.29, 1.82) is 0 Å². The van der Waals surface area contributed by atoms with Crippen molar-refractivity contribution in [2.24, 2.45) is 5.73 Å². The second-order valence-corrected chi connectivity index (χ2v) is 7.98. The van der Waals surface area contributed by atoms with E-state index in [0.29, 0.717) is 25.7 Å². The number of carbonyl (C=O) groups excluding carboxylic acids is 1. The fraction of sp³-hybridized carbons (Fsp3) is 0.458. The van der Waals surface area contributed by atoms with Crippen LogP contribution in [0.3, 0.4) is 0 Å². The van der Waals surface area contributed by atoms with Crippen molar-refractivity contribution in [1.82, 2.24) is 9.80 Å². The molecule has 5 nitrogen and oxygen atoms in total. The molecule has 156 valence electrons. The van der Waals surface area contributed by atoms with E-state index in [1.54, 1.807) is 0 Å². The first-order valence-corrected chi connectivity index (χ1v) is 10.7. The van der Waals surface area contributed by atoms with Crippen LogP contribution in [-0.2, 0) is 6.42 Å². The third-order valence-corrected chi connectivity index (χ3v) is 5.72. The monoisotopic (exact) mass is 394 g/mol. The van der Waals surface area contributed by atoms with Crippen LogP contribution in [0.15, 0.2) is 54.6 Å². The SMILES string of the molecule is CC(C)N1CCN(c2ccc(C(=O)N(CCN)CCc3ccccc3)cc2)CC1. The van der Waals surface area contributed by atoms with E-state index < -0.39 is 0 Å². The first-order valence-electron chi connectivity index (χ1n) is 10.7. The van der Waals surface area contributed by atoms with Gasteiger partial charge in [-0.3, -0.25) is 9.69 Å². The first kappa shape index (κ1) is 21.3. The maximum absolute atomic E-state index is 13.0. The van der Waals surface area contributed by atoms with Crippen LogP contribution in [0.4, 0.5) is 5.69 Å². The summed E-state index contributed by atoms with van der Waals surface area (Å²) >= 11 is 0. The first-order chi connectivity index (χ1) is 14.1. The highest BCUT2D eigenvalue weighted by molar-refractivity contribution is 5.94. The lowest BCUT2D eigenvalue weighted by Crippen LogP contribution is -2.48. The van der Waals surface area contributed by atoms with Crippen LogP contribution < -0.4 is 10.6 Å². The highest BCUT2D eigenvalue weighted by Gasteiger charge is 2.20. The molecule has 2 aromatic rings. The minimum Gasteiger partial charge on any atom is -0.369 e. The van der Waals surface area contributed by atoms with Gasteiger partial charge >= 0.3 is 0 Å². The molecule has 1 amide bonds. The molecule has 0 radical (unpaired) electrons. The fourth-order valence-corrected chi connectivity index (χ4v) is 3.87. The molecule has 1 heterocycles. The van der Waals surface area contributed by atoms with E-state index in [9.17, 15) is 4.79 Å². The Labute approximate surface area is 175 Å². The van der Waals surface area contributed by atoms with Crippen molar-refractivity contribution < 1.29 is 4.79 Å². The number of rotatable bonds is 8. The van der Waals surface area contributed by atoms with E-state index in [0.717, 1.165) is 38.2 Å². The van der Waals surface area contributed by atoms with Crippen LogP contribution in [0, 0.1) is 0 Å². The highest BCUT2D eigenvalue weighted by atomic mass is 16.2. The molecule has 29 heavy (non-hydrogen) atoms. The zero-order chi connectivity index (χ0) is 20.6. The normalized spacial score (nSPS) is 15.0. The topological polar surface area (TPSA) is 52.8 Å². The van der Waals surface area contributed by atoms with Crippen molar-refractivity contribution in [3.05, 3.63) is 65.7 Å². The lowest BCUT2D eigenvalue weighted by Gasteiger charge is -2.38. The summed E-state index contributed by atoms with van der Waals surface area (Å²) in [6.45, 7) is 10.5. The average Bonchev–Trinajstić information content (AvgIpc) is 2.77. The Kier molecular flexibility index (Phi) is 7.67. The van der Waals surface area contributed by atoms with Crippen LogP contribution in [0.2, 0.25) is 0 Å². The quantitative estimate of drug-likeness (QED) is 0.748. The number of nitrogens with zero attached hydrogens (tertiary/aromatic N) is 3. The zero-order valence-corrected chi connectivity index (χ0v) is 17.8. The summed E-state index contributed by atoms with van der Waals surface area (Å²) in [5.41, 5.74) is 8.92. The molecule has 0 atom stereocenters. The second kappa shape index (κ2) is 10.4. The Bertz CT molecular complexity index is 752. The van der Waals surface area contributed by atoms with Crippen molar-refractivity contribution >= 4 is 11.6 Å². The molecule has 1 saturated heterocycles. The minimum atomic E-state index is 0.0579. The van der Waals surface area contributed by atoms with Crippen LogP contribution in [0.1, 0.15) is 29.8 Å². The van der Waals surface area contributed by atoms with Gasteiger partial charge in [0.15, 0.2) is 0 Å². The van der Waals surface area contributed by atoms with Crippen molar-refractivity contribution in [2.75, 3.05) is 50.7 Å². The molecule has 0 aliphatic carbocycles. The number of hydrogen-bond donors (Lipinski definition) is 1. The maximum atomic E-state index is 13.0. The number of anilines is 1. The maximum Gasteiger partial charge on any atom is 0.253 e. The third kappa shape index (κ3) is 5.81. The van der Waals surface area contributed by atoms with Gasteiger partial charge in [-0.1, -0.05) is 30.3 Å². The third-order valence-electron chi connectivity index (χ3n) is 5.72. The van der Waals surface area contributed by atoms with Crippen molar-refractivity contribution in [3.63, 3.8) is 0 Å². The van der Waals surface area contributed by atoms with E-state index in [4.69, 9.17) is 5.73 Å². The Morgan fingerprint density at radius 1 is 0.966 bits per heavy atom. The predicted octanol–water partition coefficient (Wildman–Crippen LogP) is 2.86. The van der Waals surface area contributed by atoms with Gasteiger partial charge in [0.25, 0.3) is 5.91 Å². The molecular formula is C24H34N4O. The standard InChI is InChI=1S/C24H34N4O/c1-20(2)26-16-18-27(19-17-26)23-10-8-22(9-11-23)24(29)28(15-13-25)14-12-21-6-4-3-5-7-21/h3-11,20H,12-19,25H2,1-2H3. The van der Waals surface area contributed by atoms with Gasteiger partial charge in [-0.05, 0) is 50.1 Å². The molecule has 0 spiro atoms. The van der Waals surface area contributed by atoms with Crippen LogP contribution in [0.25, 0.3) is 0 Å². The van der Waals surface area contributed by atoms with Gasteiger partial charge in [0.1, 0.15) is 0 Å². The predicted molar refractivity (Wildman–Crippen MR) is 120 cm³/mol. The van der Waals surface area contributed by atoms with Gasteiger partial charge in [-0.2, -0.15) is 0 Å². The van der Waals surface area contributed by atoms with E-state index >= 15 is 0 Å². The molecule has 2 aromatic carbocycles. The molecule has 0 aromatic heterocycles. The molecule has 1 fully saturated rings. The second-order valence-electron chi connectivity index (χ2n) is 7.98. The largest absolute Gasteiger partial charge is 0.369 e. The molecule has 2 N–H and O–H groups in total. The van der Waals surface area contributed by atoms with Crippen LogP contribution in [-0.4, -0.2) is 67.6 Å². The summed E-state index contributed by atoms with van der Waals surface area (Å²) in [6.07, 6.45) is 0.838. The fourth-order valence-electron chi connectivity index (χ4n) is 3.87. The molecule has 1 aliphatic rings. The lowest BCUT2D eigenvalue weighted by atomic mass is 10.1. The Hall–Kier alpha value is -2.37. The van der Waals surface area contributed by atoms with Crippen molar-refractivity contribution in [2.45, 2.75) is 26.3 Å². The smallest absolute Gasteiger partial charge is 0.253 e. The van der Waals surface area contributed by atoms with Gasteiger partial charge in [0.05, 0.1) is 0 Å². The van der Waals surface area contributed by atoms with E-state index in [-0.39, 0.29) is 5.91 Å². The molecule has 0 saturated carbocycles. The van der Waals surface area contributed by atoms with Gasteiger partial charge < -0.3 is 15.5 Å². The minimum absolute atomic E-state index is 0.0579. The highest BCUT2D eigenvalue weighted by Crippen LogP contribution is 2.19. The number of hydrogen-bond acceptors (Lipinski definition) is 4. The number of nitrogens with two attached hydrogens (primary N) is 1. The summed E-state index contributed by atoms with van der Waals surface area (Å²) in [4.78, 5) is 19.8. The van der Waals surface area contributed by atoms with Gasteiger partial charge in [-0.15, -0.1) is 0 Å². The van der Waals surface area contributed by atoms with Crippen LogP contribution >= 0.6 is 0 Å². The number of benzene rings is 2. The Morgan fingerprint density at radius 2 is 1.62 bits per heavy atom. The number of carbonyl (C=O) groups is 1. The number of amides is 1. The van der Waals surface area contributed by atoms with Gasteiger partial charge in [0.2, 0.25) is 0 Å². The molecular weight excluding hydrogens is 360 g/mol. The van der Waals surface area contributed by atoms with Gasteiger partial charge in [-0.25, -0.2) is 0 Å². The van der Waals surface area contributed by atoms with E-state index in [2.05, 4.69) is 47.9 Å². The van der Waals surface area contributed by atoms with Gasteiger partial charge in [0, 0.05) is 63.1 Å². The number of piperazine rings is 1. The van der Waals surface area contributed by atoms with E-state index in [1.807, 2.05) is 35.2 Å². The van der Waals surface area contributed by atoms with Crippen molar-refractivity contribution in [3.8, 4) is 0 Å². The average molecular weight is 395 g/mol.